The van der Waals surface area contributed by atoms with Gasteiger partial charge in [-0.2, -0.15) is 5.26 Å². The van der Waals surface area contributed by atoms with Gasteiger partial charge in [-0.15, -0.1) is 0 Å². The van der Waals surface area contributed by atoms with Gasteiger partial charge in [0.2, 0.25) is 5.91 Å². The summed E-state index contributed by atoms with van der Waals surface area (Å²) < 4.78 is 5.65. The van der Waals surface area contributed by atoms with Gasteiger partial charge in [0, 0.05) is 19.8 Å². The van der Waals surface area contributed by atoms with Gasteiger partial charge in [0.25, 0.3) is 5.56 Å². The molecule has 7 heteroatoms. The Balaban J connectivity index is 2.23. The fraction of sp³-hybridized carbons (Fsp3) is 0.222. The van der Waals surface area contributed by atoms with E-state index in [2.05, 4.69) is 4.74 Å². The Labute approximate surface area is 144 Å². The standard InChI is InChI=1S/C18H17N3O4/c1-20(10-13-6-4-3-5-7-13)16(22)12-21-11-15(18(24)25-2)8-14(9-19)17(21)23/h3-8,11H,10,12H2,1-2H3. The second-order valence-electron chi connectivity index (χ2n) is 5.41. The fourth-order valence-electron chi connectivity index (χ4n) is 2.27. The summed E-state index contributed by atoms with van der Waals surface area (Å²) in [5.74, 6) is -1.01. The van der Waals surface area contributed by atoms with Gasteiger partial charge < -0.3 is 14.2 Å². The monoisotopic (exact) mass is 339 g/mol. The zero-order chi connectivity index (χ0) is 18.4. The van der Waals surface area contributed by atoms with Gasteiger partial charge in [-0.05, 0) is 11.6 Å². The van der Waals surface area contributed by atoms with E-state index in [4.69, 9.17) is 5.26 Å². The fourth-order valence-corrected chi connectivity index (χ4v) is 2.27. The van der Waals surface area contributed by atoms with E-state index >= 15 is 0 Å². The van der Waals surface area contributed by atoms with Crippen LogP contribution in [0.1, 0.15) is 21.5 Å². The molecule has 0 bridgehead atoms. The van der Waals surface area contributed by atoms with Gasteiger partial charge in [0.1, 0.15) is 18.2 Å². The van der Waals surface area contributed by atoms with Gasteiger partial charge in [0.05, 0.1) is 12.7 Å². The first-order chi connectivity index (χ1) is 12.0. The van der Waals surface area contributed by atoms with Crippen molar-refractivity contribution in [1.82, 2.24) is 9.47 Å². The van der Waals surface area contributed by atoms with Crippen LogP contribution in [-0.2, 0) is 22.6 Å². The van der Waals surface area contributed by atoms with Crippen molar-refractivity contribution < 1.29 is 14.3 Å². The molecule has 1 amide bonds. The average Bonchev–Trinajstić information content (AvgIpc) is 2.63. The van der Waals surface area contributed by atoms with Crippen LogP contribution in [0.3, 0.4) is 0 Å². The van der Waals surface area contributed by atoms with E-state index in [1.807, 2.05) is 30.3 Å². The highest BCUT2D eigenvalue weighted by Crippen LogP contribution is 2.05. The van der Waals surface area contributed by atoms with Crippen LogP contribution in [0.15, 0.2) is 47.4 Å². The molecule has 0 saturated carbocycles. The van der Waals surface area contributed by atoms with E-state index in [1.165, 1.54) is 18.2 Å². The number of amides is 1. The van der Waals surface area contributed by atoms with E-state index in [-0.39, 0.29) is 23.6 Å². The first-order valence-electron chi connectivity index (χ1n) is 7.47. The number of hydrogen-bond acceptors (Lipinski definition) is 5. The second-order valence-corrected chi connectivity index (χ2v) is 5.41. The number of nitriles is 1. The van der Waals surface area contributed by atoms with Gasteiger partial charge in [0.15, 0.2) is 0 Å². The molecule has 2 rings (SSSR count). The second kappa shape index (κ2) is 7.93. The molecule has 0 spiro atoms. The molecule has 1 aromatic carbocycles. The van der Waals surface area contributed by atoms with Gasteiger partial charge in [-0.25, -0.2) is 4.79 Å². The molecule has 0 atom stereocenters. The maximum Gasteiger partial charge on any atom is 0.339 e. The molecule has 0 aliphatic carbocycles. The molecule has 1 aromatic heterocycles. The molecule has 0 aliphatic heterocycles. The SMILES string of the molecule is COC(=O)c1cc(C#N)c(=O)n(CC(=O)N(C)Cc2ccccc2)c1. The van der Waals surface area contributed by atoms with Crippen LogP contribution >= 0.6 is 0 Å². The minimum Gasteiger partial charge on any atom is -0.465 e. The van der Waals surface area contributed by atoms with E-state index in [9.17, 15) is 14.4 Å². The molecule has 0 unspecified atom stereocenters. The lowest BCUT2D eigenvalue weighted by molar-refractivity contribution is -0.131. The largest absolute Gasteiger partial charge is 0.465 e. The van der Waals surface area contributed by atoms with Crippen LogP contribution in [0.25, 0.3) is 0 Å². The third kappa shape index (κ3) is 4.32. The number of carbonyl (C=O) groups is 2. The van der Waals surface area contributed by atoms with Crippen LogP contribution < -0.4 is 5.56 Å². The molecule has 128 valence electrons. The highest BCUT2D eigenvalue weighted by Gasteiger charge is 2.16. The number of pyridine rings is 1. The quantitative estimate of drug-likeness (QED) is 0.762. The van der Waals surface area contributed by atoms with Crippen molar-refractivity contribution in [2.24, 2.45) is 0 Å². The Morgan fingerprint density at radius 1 is 1.28 bits per heavy atom. The zero-order valence-electron chi connectivity index (χ0n) is 13.9. The van der Waals surface area contributed by atoms with Crippen molar-refractivity contribution in [2.45, 2.75) is 13.1 Å². The van der Waals surface area contributed by atoms with E-state index in [0.717, 1.165) is 16.2 Å². The lowest BCUT2D eigenvalue weighted by Gasteiger charge is -2.18. The number of likely N-dealkylation sites (N-methyl/N-ethyl adjacent to an activating group) is 1. The maximum absolute atomic E-state index is 12.4. The summed E-state index contributed by atoms with van der Waals surface area (Å²) in [7, 11) is 2.82. The third-order valence-electron chi connectivity index (χ3n) is 3.62. The minimum atomic E-state index is -0.685. The molecule has 1 heterocycles. The van der Waals surface area contributed by atoms with Crippen LogP contribution in [0.4, 0.5) is 0 Å². The molecular weight excluding hydrogens is 322 g/mol. The first-order valence-corrected chi connectivity index (χ1v) is 7.47. The molecule has 25 heavy (non-hydrogen) atoms. The number of methoxy groups -OCH3 is 1. The molecule has 0 saturated heterocycles. The average molecular weight is 339 g/mol. The summed E-state index contributed by atoms with van der Waals surface area (Å²) in [6.07, 6.45) is 1.23. The van der Waals surface area contributed by atoms with Crippen LogP contribution in [0.2, 0.25) is 0 Å². The summed E-state index contributed by atoms with van der Waals surface area (Å²) in [5.41, 5.74) is 0.141. The lowest BCUT2D eigenvalue weighted by atomic mass is 10.2. The Kier molecular flexibility index (Phi) is 5.69. The third-order valence-corrected chi connectivity index (χ3v) is 3.62. The van der Waals surface area contributed by atoms with Crippen LogP contribution in [0.5, 0.6) is 0 Å². The van der Waals surface area contributed by atoms with Crippen molar-refractivity contribution in [1.29, 1.82) is 5.26 Å². The number of ether oxygens (including phenoxy) is 1. The number of nitrogens with zero attached hydrogens (tertiary/aromatic N) is 3. The molecular formula is C18H17N3O4. The first kappa shape index (κ1) is 17.9. The Bertz CT molecular complexity index is 881. The van der Waals surface area contributed by atoms with Crippen molar-refractivity contribution in [3.8, 4) is 6.07 Å². The number of esters is 1. The Hall–Kier alpha value is -3.40. The summed E-state index contributed by atoms with van der Waals surface area (Å²) in [6.45, 7) is 0.109. The van der Waals surface area contributed by atoms with Gasteiger partial charge >= 0.3 is 5.97 Å². The number of rotatable bonds is 5. The molecule has 0 fully saturated rings. The van der Waals surface area contributed by atoms with Gasteiger partial charge in [-0.3, -0.25) is 9.59 Å². The number of aromatic nitrogens is 1. The van der Waals surface area contributed by atoms with Crippen molar-refractivity contribution in [3.63, 3.8) is 0 Å². The van der Waals surface area contributed by atoms with Crippen molar-refractivity contribution in [2.75, 3.05) is 14.2 Å². The van der Waals surface area contributed by atoms with Crippen LogP contribution in [-0.4, -0.2) is 35.5 Å². The van der Waals surface area contributed by atoms with Crippen LogP contribution in [0, 0.1) is 11.3 Å². The Morgan fingerprint density at radius 2 is 1.96 bits per heavy atom. The summed E-state index contributed by atoms with van der Waals surface area (Å²) in [5, 5.41) is 9.05. The van der Waals surface area contributed by atoms with Gasteiger partial charge in [-0.1, -0.05) is 30.3 Å². The predicted molar refractivity (Wildman–Crippen MR) is 89.7 cm³/mol. The maximum atomic E-state index is 12.4. The Morgan fingerprint density at radius 3 is 2.56 bits per heavy atom. The molecule has 2 aromatic rings. The van der Waals surface area contributed by atoms with Crippen molar-refractivity contribution >= 4 is 11.9 Å². The minimum absolute atomic E-state index is 0.0390. The topological polar surface area (TPSA) is 92.4 Å². The highest BCUT2D eigenvalue weighted by molar-refractivity contribution is 5.89. The molecule has 0 N–H and O–H groups in total. The molecule has 0 radical (unpaired) electrons. The van der Waals surface area contributed by atoms with E-state index < -0.39 is 11.5 Å². The smallest absolute Gasteiger partial charge is 0.339 e. The summed E-state index contributed by atoms with van der Waals surface area (Å²) in [6, 6.07) is 12.3. The highest BCUT2D eigenvalue weighted by atomic mass is 16.5. The number of carbonyl (C=O) groups excluding carboxylic acids is 2. The normalized spacial score (nSPS) is 9.96. The number of hydrogen-bond donors (Lipinski definition) is 0. The molecule has 7 nitrogen and oxygen atoms in total. The summed E-state index contributed by atoms with van der Waals surface area (Å²) in [4.78, 5) is 37.7. The lowest BCUT2D eigenvalue weighted by Crippen LogP contribution is -2.34. The summed E-state index contributed by atoms with van der Waals surface area (Å²) >= 11 is 0. The zero-order valence-corrected chi connectivity index (χ0v) is 13.9. The van der Waals surface area contributed by atoms with Crippen molar-refractivity contribution in [3.05, 3.63) is 69.6 Å². The van der Waals surface area contributed by atoms with E-state index in [0.29, 0.717) is 6.54 Å². The predicted octanol–water partition coefficient (Wildman–Crippen LogP) is 1.17. The number of benzene rings is 1. The molecule has 0 aliphatic rings. The van der Waals surface area contributed by atoms with E-state index in [1.54, 1.807) is 13.1 Å².